The first kappa shape index (κ1) is 21.5. The maximum Gasteiger partial charge on any atom is 0.414 e. The van der Waals surface area contributed by atoms with Crippen molar-refractivity contribution in [2.75, 3.05) is 27.7 Å². The van der Waals surface area contributed by atoms with E-state index in [0.717, 1.165) is 5.56 Å². The number of benzene rings is 2. The molecule has 2 rings (SSSR count). The van der Waals surface area contributed by atoms with Crippen LogP contribution in [0, 0.1) is 10.1 Å². The topological polar surface area (TPSA) is 93.9 Å². The second kappa shape index (κ2) is 9.91. The minimum Gasteiger partial charge on any atom is -0.492 e. The number of halogens is 1. The third kappa shape index (κ3) is 5.83. The van der Waals surface area contributed by atoms with Crippen molar-refractivity contribution in [3.8, 4) is 11.5 Å². The van der Waals surface area contributed by atoms with Crippen molar-refractivity contribution in [1.82, 2.24) is 10.2 Å². The number of nitro benzene ring substituents is 1. The lowest BCUT2D eigenvalue weighted by atomic mass is 10.0. The normalized spacial score (nSPS) is 11.6. The molecule has 1 amide bonds. The zero-order valence-corrected chi connectivity index (χ0v) is 16.6. The van der Waals surface area contributed by atoms with Gasteiger partial charge in [0.1, 0.15) is 11.5 Å². The van der Waals surface area contributed by atoms with Crippen molar-refractivity contribution < 1.29 is 19.2 Å². The first-order valence-electron chi connectivity index (χ1n) is 8.55. The van der Waals surface area contributed by atoms with E-state index in [1.807, 2.05) is 19.2 Å². The molecular weight excluding hydrogens is 386 g/mol. The van der Waals surface area contributed by atoms with Gasteiger partial charge in [0.05, 0.1) is 16.6 Å². The van der Waals surface area contributed by atoms with Crippen molar-refractivity contribution in [3.63, 3.8) is 0 Å². The summed E-state index contributed by atoms with van der Waals surface area (Å²) in [6.45, 7) is 0.362. The second-order valence-electron chi connectivity index (χ2n) is 6.18. The van der Waals surface area contributed by atoms with Gasteiger partial charge in [-0.15, -0.1) is 0 Å². The Kier molecular flexibility index (Phi) is 7.60. The van der Waals surface area contributed by atoms with Crippen LogP contribution in [0.4, 0.5) is 10.5 Å². The largest absolute Gasteiger partial charge is 0.492 e. The number of carbonyl (C=O) groups is 1. The highest BCUT2D eigenvalue weighted by molar-refractivity contribution is 6.32. The number of non-ortho nitro benzene ring substituents is 1. The standard InChI is InChI=1S/C19H22ClN3O5/c1-21-17(13-4-7-15(8-5-13)28-19(24)22(2)3)10-11-27-18-9-6-14(23(25)26)12-16(18)20/h4-9,12,17,21H,10-11H2,1-3H3. The number of nitrogens with zero attached hydrogens (tertiary/aromatic N) is 2. The average molecular weight is 408 g/mol. The molecule has 0 aromatic heterocycles. The van der Waals surface area contributed by atoms with E-state index in [2.05, 4.69) is 5.32 Å². The number of amides is 1. The van der Waals surface area contributed by atoms with E-state index in [-0.39, 0.29) is 16.8 Å². The SMILES string of the molecule is CNC(CCOc1ccc([N+](=O)[O-])cc1Cl)c1ccc(OC(=O)N(C)C)cc1. The van der Waals surface area contributed by atoms with E-state index in [1.54, 1.807) is 26.2 Å². The minimum absolute atomic E-state index is 0.00965. The summed E-state index contributed by atoms with van der Waals surface area (Å²) < 4.78 is 10.9. The summed E-state index contributed by atoms with van der Waals surface area (Å²) in [6.07, 6.45) is 0.201. The van der Waals surface area contributed by atoms with Crippen LogP contribution in [-0.2, 0) is 0 Å². The second-order valence-corrected chi connectivity index (χ2v) is 6.59. The van der Waals surface area contributed by atoms with Crippen LogP contribution in [0.15, 0.2) is 42.5 Å². The summed E-state index contributed by atoms with van der Waals surface area (Å²) in [7, 11) is 5.07. The summed E-state index contributed by atoms with van der Waals surface area (Å²) in [4.78, 5) is 23.2. The number of rotatable bonds is 8. The van der Waals surface area contributed by atoms with Crippen molar-refractivity contribution >= 4 is 23.4 Å². The van der Waals surface area contributed by atoms with Gasteiger partial charge in [-0.05, 0) is 30.8 Å². The molecule has 9 heteroatoms. The van der Waals surface area contributed by atoms with Gasteiger partial charge in [0, 0.05) is 38.7 Å². The van der Waals surface area contributed by atoms with Gasteiger partial charge in [0.2, 0.25) is 0 Å². The number of carbonyl (C=O) groups excluding carboxylic acids is 1. The molecule has 0 saturated carbocycles. The Morgan fingerprint density at radius 1 is 1.25 bits per heavy atom. The van der Waals surface area contributed by atoms with Crippen molar-refractivity contribution in [2.45, 2.75) is 12.5 Å². The van der Waals surface area contributed by atoms with Crippen LogP contribution < -0.4 is 14.8 Å². The van der Waals surface area contributed by atoms with Gasteiger partial charge in [-0.2, -0.15) is 0 Å². The van der Waals surface area contributed by atoms with Crippen LogP contribution >= 0.6 is 11.6 Å². The van der Waals surface area contributed by atoms with Crippen LogP contribution in [0.25, 0.3) is 0 Å². The quantitative estimate of drug-likeness (QED) is 0.524. The molecule has 28 heavy (non-hydrogen) atoms. The monoisotopic (exact) mass is 407 g/mol. The highest BCUT2D eigenvalue weighted by Gasteiger charge is 2.13. The van der Waals surface area contributed by atoms with Gasteiger partial charge in [0.15, 0.2) is 0 Å². The highest BCUT2D eigenvalue weighted by Crippen LogP contribution is 2.29. The predicted octanol–water partition coefficient (Wildman–Crippen LogP) is 4.04. The van der Waals surface area contributed by atoms with Gasteiger partial charge < -0.3 is 19.7 Å². The van der Waals surface area contributed by atoms with E-state index in [4.69, 9.17) is 21.1 Å². The smallest absolute Gasteiger partial charge is 0.414 e. The van der Waals surface area contributed by atoms with Gasteiger partial charge in [-0.3, -0.25) is 10.1 Å². The molecule has 1 N–H and O–H groups in total. The van der Waals surface area contributed by atoms with Crippen LogP contribution in [0.3, 0.4) is 0 Å². The molecule has 150 valence electrons. The molecular formula is C19H22ClN3O5. The lowest BCUT2D eigenvalue weighted by Gasteiger charge is -2.18. The van der Waals surface area contributed by atoms with Crippen LogP contribution in [0.5, 0.6) is 11.5 Å². The molecule has 0 heterocycles. The number of nitro groups is 1. The average Bonchev–Trinajstić information content (AvgIpc) is 2.67. The summed E-state index contributed by atoms with van der Waals surface area (Å²) in [5.41, 5.74) is 0.922. The van der Waals surface area contributed by atoms with Crippen molar-refractivity contribution in [2.24, 2.45) is 0 Å². The number of nitrogens with one attached hydrogen (secondary N) is 1. The molecule has 0 aliphatic rings. The lowest BCUT2D eigenvalue weighted by molar-refractivity contribution is -0.384. The Hall–Kier alpha value is -2.84. The fourth-order valence-corrected chi connectivity index (χ4v) is 2.67. The molecule has 0 aliphatic heterocycles. The van der Waals surface area contributed by atoms with E-state index >= 15 is 0 Å². The molecule has 0 fully saturated rings. The van der Waals surface area contributed by atoms with Gasteiger partial charge in [-0.1, -0.05) is 23.7 Å². The molecule has 0 aliphatic carbocycles. The number of hydrogen-bond donors (Lipinski definition) is 1. The van der Waals surface area contributed by atoms with Gasteiger partial charge in [0.25, 0.3) is 5.69 Å². The Balaban J connectivity index is 1.93. The maximum absolute atomic E-state index is 11.6. The molecule has 0 saturated heterocycles. The Bertz CT molecular complexity index is 827. The number of ether oxygens (including phenoxy) is 2. The van der Waals surface area contributed by atoms with Crippen LogP contribution in [-0.4, -0.2) is 43.7 Å². The molecule has 0 spiro atoms. The zero-order valence-electron chi connectivity index (χ0n) is 15.8. The fourth-order valence-electron chi connectivity index (χ4n) is 2.45. The van der Waals surface area contributed by atoms with E-state index in [9.17, 15) is 14.9 Å². The van der Waals surface area contributed by atoms with E-state index < -0.39 is 11.0 Å². The molecule has 0 radical (unpaired) electrons. The molecule has 1 unspecified atom stereocenters. The molecule has 8 nitrogen and oxygen atoms in total. The summed E-state index contributed by atoms with van der Waals surface area (Å²) in [6, 6.07) is 11.3. The molecule has 1 atom stereocenters. The van der Waals surface area contributed by atoms with Crippen LogP contribution in [0.2, 0.25) is 5.02 Å². The zero-order chi connectivity index (χ0) is 20.7. The van der Waals surface area contributed by atoms with Gasteiger partial charge in [-0.25, -0.2) is 4.79 Å². The highest BCUT2D eigenvalue weighted by atomic mass is 35.5. The Morgan fingerprint density at radius 3 is 2.46 bits per heavy atom. The molecule has 0 bridgehead atoms. The lowest BCUT2D eigenvalue weighted by Crippen LogP contribution is -2.25. The summed E-state index contributed by atoms with van der Waals surface area (Å²) in [5.74, 6) is 0.860. The van der Waals surface area contributed by atoms with Crippen LogP contribution in [0.1, 0.15) is 18.0 Å². The van der Waals surface area contributed by atoms with Crippen molar-refractivity contribution in [3.05, 3.63) is 63.2 Å². The van der Waals surface area contributed by atoms with Gasteiger partial charge >= 0.3 is 6.09 Å². The summed E-state index contributed by atoms with van der Waals surface area (Å²) >= 11 is 6.03. The number of hydrogen-bond acceptors (Lipinski definition) is 6. The molecule has 2 aromatic rings. The predicted molar refractivity (Wildman–Crippen MR) is 106 cm³/mol. The Labute approximate surface area is 168 Å². The fraction of sp³-hybridized carbons (Fsp3) is 0.316. The van der Waals surface area contributed by atoms with Crippen molar-refractivity contribution in [1.29, 1.82) is 0 Å². The Morgan fingerprint density at radius 2 is 1.93 bits per heavy atom. The first-order chi connectivity index (χ1) is 13.3. The first-order valence-corrected chi connectivity index (χ1v) is 8.92. The third-order valence-electron chi connectivity index (χ3n) is 3.99. The van der Waals surface area contributed by atoms with E-state index in [0.29, 0.717) is 24.5 Å². The summed E-state index contributed by atoms with van der Waals surface area (Å²) in [5, 5.41) is 14.1. The minimum atomic E-state index is -0.508. The molecule has 2 aromatic carbocycles. The maximum atomic E-state index is 11.6. The third-order valence-corrected chi connectivity index (χ3v) is 4.29. The van der Waals surface area contributed by atoms with E-state index in [1.165, 1.54) is 23.1 Å².